The van der Waals surface area contributed by atoms with Crippen molar-refractivity contribution in [3.63, 3.8) is 0 Å². The molecule has 2 atom stereocenters. The first-order chi connectivity index (χ1) is 12.1. The molecule has 2 aromatic rings. The molecule has 2 bridgehead atoms. The van der Waals surface area contributed by atoms with Gasteiger partial charge >= 0.3 is 5.69 Å². The summed E-state index contributed by atoms with van der Waals surface area (Å²) in [6.07, 6.45) is 7.56. The van der Waals surface area contributed by atoms with Gasteiger partial charge in [-0.2, -0.15) is 4.98 Å². The van der Waals surface area contributed by atoms with Gasteiger partial charge in [-0.25, -0.2) is 4.79 Å². The smallest absolute Gasteiger partial charge is 0.354 e. The summed E-state index contributed by atoms with van der Waals surface area (Å²) in [6.45, 7) is 1.09. The maximum Gasteiger partial charge on any atom is 0.354 e. The first kappa shape index (κ1) is 16.3. The van der Waals surface area contributed by atoms with Crippen LogP contribution in [0, 0.1) is 0 Å². The van der Waals surface area contributed by atoms with Crippen molar-refractivity contribution in [1.82, 2.24) is 14.5 Å². The summed E-state index contributed by atoms with van der Waals surface area (Å²) in [6, 6.07) is 11.5. The van der Waals surface area contributed by atoms with Gasteiger partial charge in [0.05, 0.1) is 5.69 Å². The Bertz CT molecular complexity index is 786. The third-order valence-electron chi connectivity index (χ3n) is 5.62. The van der Waals surface area contributed by atoms with E-state index in [9.17, 15) is 4.79 Å². The van der Waals surface area contributed by atoms with Gasteiger partial charge in [-0.05, 0) is 55.9 Å². The fourth-order valence-electron chi connectivity index (χ4n) is 4.38. The van der Waals surface area contributed by atoms with Crippen molar-refractivity contribution in [2.75, 3.05) is 12.3 Å². The van der Waals surface area contributed by atoms with E-state index >= 15 is 0 Å². The van der Waals surface area contributed by atoms with E-state index in [4.69, 9.17) is 11.5 Å². The number of fused-ring (bicyclic) bond motifs is 2. The molecule has 0 aliphatic carbocycles. The van der Waals surface area contributed by atoms with Gasteiger partial charge < -0.3 is 11.5 Å². The summed E-state index contributed by atoms with van der Waals surface area (Å²) < 4.78 is 1.51. The highest BCUT2D eigenvalue weighted by molar-refractivity contribution is 5.36. The lowest BCUT2D eigenvalue weighted by Gasteiger charge is -2.37. The summed E-state index contributed by atoms with van der Waals surface area (Å²) in [4.78, 5) is 18.3. The Morgan fingerprint density at radius 1 is 1.08 bits per heavy atom. The zero-order chi connectivity index (χ0) is 17.4. The largest absolute Gasteiger partial charge is 0.383 e. The quantitative estimate of drug-likeness (QED) is 0.876. The summed E-state index contributed by atoms with van der Waals surface area (Å²) in [7, 11) is 0. The molecule has 0 saturated carbocycles. The van der Waals surface area contributed by atoms with E-state index < -0.39 is 0 Å². The molecule has 0 amide bonds. The second kappa shape index (κ2) is 6.61. The van der Waals surface area contributed by atoms with Crippen LogP contribution < -0.4 is 17.2 Å². The van der Waals surface area contributed by atoms with Gasteiger partial charge in [0.15, 0.2) is 0 Å². The van der Waals surface area contributed by atoms with Crippen LogP contribution in [0.5, 0.6) is 0 Å². The fourth-order valence-corrected chi connectivity index (χ4v) is 4.38. The van der Waals surface area contributed by atoms with Crippen LogP contribution in [0.15, 0.2) is 41.3 Å². The van der Waals surface area contributed by atoms with Crippen LogP contribution in [-0.4, -0.2) is 39.1 Å². The molecule has 2 fully saturated rings. The predicted octanol–water partition coefficient (Wildman–Crippen LogP) is 1.31. The van der Waals surface area contributed by atoms with E-state index in [1.54, 1.807) is 12.3 Å². The van der Waals surface area contributed by atoms with Crippen molar-refractivity contribution in [2.24, 2.45) is 5.73 Å². The zero-order valence-electron chi connectivity index (χ0n) is 14.3. The number of rotatable bonds is 4. The average molecular weight is 339 g/mol. The minimum Gasteiger partial charge on any atom is -0.383 e. The highest BCUT2D eigenvalue weighted by atomic mass is 16.1. The second-order valence-corrected chi connectivity index (χ2v) is 7.28. The van der Waals surface area contributed by atoms with Gasteiger partial charge in [0.2, 0.25) is 0 Å². The van der Waals surface area contributed by atoms with E-state index in [1.807, 2.05) is 12.1 Å². The van der Waals surface area contributed by atoms with Gasteiger partial charge in [-0.15, -0.1) is 0 Å². The van der Waals surface area contributed by atoms with Gasteiger partial charge in [0.1, 0.15) is 5.82 Å². The summed E-state index contributed by atoms with van der Waals surface area (Å²) in [5.41, 5.74) is 13.4. The Hall–Kier alpha value is -2.18. The van der Waals surface area contributed by atoms with E-state index in [0.29, 0.717) is 18.1 Å². The molecule has 2 aliphatic rings. The summed E-state index contributed by atoms with van der Waals surface area (Å²) in [5.74, 6) is 0.244. The maximum absolute atomic E-state index is 11.9. The van der Waals surface area contributed by atoms with Gasteiger partial charge in [-0.3, -0.25) is 9.47 Å². The number of nitrogens with two attached hydrogens (primary N) is 2. The molecule has 2 saturated heterocycles. The molecular weight excluding hydrogens is 314 g/mol. The van der Waals surface area contributed by atoms with Crippen LogP contribution in [0.2, 0.25) is 0 Å². The molecule has 4 rings (SSSR count). The van der Waals surface area contributed by atoms with Crippen LogP contribution in [-0.2, 0) is 6.42 Å². The fraction of sp³-hybridized carbons (Fsp3) is 0.474. The molecule has 0 radical (unpaired) electrons. The Morgan fingerprint density at radius 2 is 1.76 bits per heavy atom. The van der Waals surface area contributed by atoms with Crippen LogP contribution in [0.3, 0.4) is 0 Å². The molecule has 2 unspecified atom stereocenters. The number of nitrogens with zero attached hydrogens (tertiary/aromatic N) is 3. The lowest BCUT2D eigenvalue weighted by Crippen LogP contribution is -2.48. The van der Waals surface area contributed by atoms with Crippen LogP contribution in [0.4, 0.5) is 5.82 Å². The summed E-state index contributed by atoms with van der Waals surface area (Å²) in [5, 5.41) is 0. The Balaban J connectivity index is 1.42. The van der Waals surface area contributed by atoms with Crippen molar-refractivity contribution in [3.05, 3.63) is 52.6 Å². The standard InChI is InChI=1S/C19H25N5O/c20-14-11-16-5-6-17(12-14)23(16)9-7-13-1-3-15(4-2-13)24-10-8-18(21)22-19(24)25/h1-4,8,10,14,16-17H,5-7,9,11-12,20H2,(H2,21,22,25). The Kier molecular flexibility index (Phi) is 4.31. The molecular formula is C19H25N5O. The van der Waals surface area contributed by atoms with Crippen LogP contribution in [0.25, 0.3) is 5.69 Å². The number of aromatic nitrogens is 2. The highest BCUT2D eigenvalue weighted by Crippen LogP contribution is 2.34. The van der Waals surface area contributed by atoms with E-state index in [0.717, 1.165) is 31.5 Å². The number of hydrogen-bond acceptors (Lipinski definition) is 5. The van der Waals surface area contributed by atoms with Crippen LogP contribution in [0.1, 0.15) is 31.2 Å². The number of nitrogen functional groups attached to an aromatic ring is 1. The van der Waals surface area contributed by atoms with E-state index in [-0.39, 0.29) is 11.5 Å². The molecule has 25 heavy (non-hydrogen) atoms. The lowest BCUT2D eigenvalue weighted by atomic mass is 9.97. The predicted molar refractivity (Wildman–Crippen MR) is 98.7 cm³/mol. The van der Waals surface area contributed by atoms with E-state index in [1.165, 1.54) is 23.0 Å². The molecule has 0 spiro atoms. The number of anilines is 1. The van der Waals surface area contributed by atoms with Gasteiger partial charge in [-0.1, -0.05) is 12.1 Å². The Morgan fingerprint density at radius 3 is 2.40 bits per heavy atom. The molecule has 3 heterocycles. The first-order valence-electron chi connectivity index (χ1n) is 9.06. The van der Waals surface area contributed by atoms with Gasteiger partial charge in [0, 0.05) is 30.9 Å². The molecule has 6 heteroatoms. The third-order valence-corrected chi connectivity index (χ3v) is 5.62. The molecule has 132 valence electrons. The van der Waals surface area contributed by atoms with E-state index in [2.05, 4.69) is 22.0 Å². The monoisotopic (exact) mass is 339 g/mol. The minimum absolute atomic E-state index is 0.244. The summed E-state index contributed by atoms with van der Waals surface area (Å²) >= 11 is 0. The number of hydrogen-bond donors (Lipinski definition) is 2. The number of piperidine rings is 1. The molecule has 4 N–H and O–H groups in total. The molecule has 1 aromatic carbocycles. The van der Waals surface area contributed by atoms with Gasteiger partial charge in [0.25, 0.3) is 0 Å². The first-order valence-corrected chi connectivity index (χ1v) is 9.06. The third kappa shape index (κ3) is 3.32. The molecule has 6 nitrogen and oxygen atoms in total. The molecule has 1 aromatic heterocycles. The van der Waals surface area contributed by atoms with Crippen molar-refractivity contribution < 1.29 is 0 Å². The van der Waals surface area contributed by atoms with Crippen molar-refractivity contribution >= 4 is 5.82 Å². The Labute approximate surface area is 147 Å². The van der Waals surface area contributed by atoms with Crippen molar-refractivity contribution in [2.45, 2.75) is 50.2 Å². The topological polar surface area (TPSA) is 90.2 Å². The average Bonchev–Trinajstić information content (AvgIpc) is 2.83. The zero-order valence-corrected chi connectivity index (χ0v) is 14.3. The van der Waals surface area contributed by atoms with Crippen LogP contribution >= 0.6 is 0 Å². The van der Waals surface area contributed by atoms with Crippen molar-refractivity contribution in [3.8, 4) is 5.69 Å². The normalized spacial score (nSPS) is 26.0. The maximum atomic E-state index is 11.9. The second-order valence-electron chi connectivity index (χ2n) is 7.28. The van der Waals surface area contributed by atoms with Crippen molar-refractivity contribution in [1.29, 1.82) is 0 Å². The highest BCUT2D eigenvalue weighted by Gasteiger charge is 2.38. The minimum atomic E-state index is -0.353. The number of benzene rings is 1. The lowest BCUT2D eigenvalue weighted by molar-refractivity contribution is 0.129. The molecule has 2 aliphatic heterocycles. The SMILES string of the molecule is Nc1ccn(-c2ccc(CCN3C4CCC3CC(N)C4)cc2)c(=O)n1.